The van der Waals surface area contributed by atoms with E-state index in [1.165, 1.54) is 17.5 Å². The topological polar surface area (TPSA) is 67.9 Å². The highest BCUT2D eigenvalue weighted by atomic mass is 32.1. The van der Waals surface area contributed by atoms with Gasteiger partial charge in [0.25, 0.3) is 5.56 Å². The third-order valence-corrected chi connectivity index (χ3v) is 3.53. The van der Waals surface area contributed by atoms with Crippen LogP contribution in [-0.2, 0) is 0 Å². The Bertz CT molecular complexity index is 780. The van der Waals surface area contributed by atoms with Gasteiger partial charge in [-0.1, -0.05) is 18.2 Å². The van der Waals surface area contributed by atoms with Crippen molar-refractivity contribution in [3.63, 3.8) is 0 Å². The first-order valence-corrected chi connectivity index (χ1v) is 6.85. The van der Waals surface area contributed by atoms with Gasteiger partial charge in [0.2, 0.25) is 5.75 Å². The van der Waals surface area contributed by atoms with E-state index in [0.29, 0.717) is 16.6 Å². The van der Waals surface area contributed by atoms with E-state index in [4.69, 9.17) is 4.74 Å². The minimum Gasteiger partial charge on any atom is -0.450 e. The molecule has 3 aromatic rings. The molecule has 0 atom stereocenters. The van der Waals surface area contributed by atoms with Gasteiger partial charge in [-0.3, -0.25) is 4.79 Å². The largest absolute Gasteiger partial charge is 0.450 e. The minimum atomic E-state index is -0.327. The quantitative estimate of drug-likeness (QED) is 0.803. The number of benzene rings is 1. The van der Waals surface area contributed by atoms with Gasteiger partial charge in [0, 0.05) is 11.1 Å². The molecule has 20 heavy (non-hydrogen) atoms. The number of thiazole rings is 1. The van der Waals surface area contributed by atoms with Crippen molar-refractivity contribution in [2.75, 3.05) is 0 Å². The smallest absolute Gasteiger partial charge is 0.294 e. The lowest BCUT2D eigenvalue weighted by Gasteiger charge is -2.04. The Balaban J connectivity index is 1.90. The molecule has 5 nitrogen and oxygen atoms in total. The molecule has 0 radical (unpaired) electrons. The van der Waals surface area contributed by atoms with Gasteiger partial charge in [-0.15, -0.1) is 11.3 Å². The molecule has 2 heterocycles. The number of nitrogens with one attached hydrogen (secondary N) is 1. The first-order valence-electron chi connectivity index (χ1n) is 5.97. The molecule has 0 spiro atoms. The van der Waals surface area contributed by atoms with Crippen molar-refractivity contribution in [3.8, 4) is 22.3 Å². The Hall–Kier alpha value is -2.47. The third kappa shape index (κ3) is 2.60. The fourth-order valence-corrected chi connectivity index (χ4v) is 2.39. The number of H-pyrrole nitrogens is 1. The molecule has 6 heteroatoms. The maximum atomic E-state index is 12.0. The summed E-state index contributed by atoms with van der Waals surface area (Å²) in [4.78, 5) is 23.1. The van der Waals surface area contributed by atoms with E-state index in [-0.39, 0.29) is 11.3 Å². The van der Waals surface area contributed by atoms with Crippen molar-refractivity contribution in [1.29, 1.82) is 0 Å². The molecule has 0 bridgehead atoms. The molecule has 2 aromatic heterocycles. The molecule has 1 N–H and O–H groups in total. The van der Waals surface area contributed by atoms with E-state index >= 15 is 0 Å². The molecule has 0 fully saturated rings. The van der Waals surface area contributed by atoms with Crippen LogP contribution in [0.15, 0.2) is 46.7 Å². The average Bonchev–Trinajstić information content (AvgIpc) is 2.89. The summed E-state index contributed by atoms with van der Waals surface area (Å²) < 4.78 is 5.48. The summed E-state index contributed by atoms with van der Waals surface area (Å²) >= 11 is 1.44. The van der Waals surface area contributed by atoms with E-state index in [1.807, 2.05) is 30.5 Å². The number of aromatic nitrogens is 3. The molecule has 0 amide bonds. The highest BCUT2D eigenvalue weighted by Crippen LogP contribution is 2.21. The second-order valence-electron chi connectivity index (χ2n) is 4.13. The van der Waals surface area contributed by atoms with Gasteiger partial charge in [-0.05, 0) is 19.1 Å². The summed E-state index contributed by atoms with van der Waals surface area (Å²) in [6.07, 6.45) is 1.41. The van der Waals surface area contributed by atoms with Gasteiger partial charge in [0.1, 0.15) is 5.75 Å². The van der Waals surface area contributed by atoms with Crippen molar-refractivity contribution in [2.24, 2.45) is 0 Å². The molecular formula is C14H11N3O2S. The Morgan fingerprint density at radius 3 is 2.70 bits per heavy atom. The number of ether oxygens (including phenoxy) is 1. The van der Waals surface area contributed by atoms with E-state index in [0.717, 1.165) is 5.69 Å². The van der Waals surface area contributed by atoms with Crippen LogP contribution in [0.2, 0.25) is 0 Å². The molecule has 0 aliphatic rings. The summed E-state index contributed by atoms with van der Waals surface area (Å²) in [7, 11) is 0. The summed E-state index contributed by atoms with van der Waals surface area (Å²) in [5.41, 5.74) is 0.573. The molecule has 0 unspecified atom stereocenters. The Kier molecular flexibility index (Phi) is 3.30. The zero-order chi connectivity index (χ0) is 13.9. The zero-order valence-electron chi connectivity index (χ0n) is 10.7. The second kappa shape index (κ2) is 5.26. The number of hydrogen-bond donors (Lipinski definition) is 1. The van der Waals surface area contributed by atoms with Crippen LogP contribution in [0, 0.1) is 6.92 Å². The van der Waals surface area contributed by atoms with Gasteiger partial charge in [-0.2, -0.15) is 0 Å². The second-order valence-corrected chi connectivity index (χ2v) is 4.99. The van der Waals surface area contributed by atoms with Gasteiger partial charge in [0.05, 0.1) is 6.20 Å². The number of para-hydroxylation sites is 1. The molecule has 0 saturated heterocycles. The summed E-state index contributed by atoms with van der Waals surface area (Å²) in [6.45, 7) is 1.89. The number of rotatable bonds is 3. The van der Waals surface area contributed by atoms with Crippen molar-refractivity contribution in [1.82, 2.24) is 15.0 Å². The van der Waals surface area contributed by atoms with Crippen LogP contribution in [0.25, 0.3) is 10.8 Å². The van der Waals surface area contributed by atoms with Gasteiger partial charge in [0.15, 0.2) is 10.8 Å². The first-order chi connectivity index (χ1) is 9.72. The predicted octanol–water partition coefficient (Wildman–Crippen LogP) is 2.99. The Labute approximate surface area is 118 Å². The van der Waals surface area contributed by atoms with Gasteiger partial charge < -0.3 is 9.72 Å². The van der Waals surface area contributed by atoms with Crippen LogP contribution in [0.3, 0.4) is 0 Å². The average molecular weight is 285 g/mol. The zero-order valence-corrected chi connectivity index (χ0v) is 11.5. The lowest BCUT2D eigenvalue weighted by molar-refractivity contribution is 0.472. The normalized spacial score (nSPS) is 10.4. The number of aromatic amines is 1. The van der Waals surface area contributed by atoms with Crippen LogP contribution < -0.4 is 10.3 Å². The van der Waals surface area contributed by atoms with Crippen molar-refractivity contribution in [2.45, 2.75) is 6.92 Å². The molecule has 100 valence electrons. The lowest BCUT2D eigenvalue weighted by atomic mass is 10.3. The van der Waals surface area contributed by atoms with Crippen molar-refractivity contribution >= 4 is 11.3 Å². The van der Waals surface area contributed by atoms with Crippen LogP contribution in [0.1, 0.15) is 5.69 Å². The van der Waals surface area contributed by atoms with E-state index in [1.54, 1.807) is 12.1 Å². The molecular weight excluding hydrogens is 274 g/mol. The maximum Gasteiger partial charge on any atom is 0.294 e. The minimum absolute atomic E-state index is 0.160. The van der Waals surface area contributed by atoms with Gasteiger partial charge in [-0.25, -0.2) is 9.97 Å². The van der Waals surface area contributed by atoms with E-state index in [2.05, 4.69) is 15.0 Å². The van der Waals surface area contributed by atoms with Crippen molar-refractivity contribution < 1.29 is 4.74 Å². The maximum absolute atomic E-state index is 12.0. The number of nitrogens with zero attached hydrogens (tertiary/aromatic N) is 2. The molecule has 3 rings (SSSR count). The molecule has 0 saturated carbocycles. The number of hydrogen-bond acceptors (Lipinski definition) is 5. The summed E-state index contributed by atoms with van der Waals surface area (Å²) in [5.74, 6) is 1.21. The SMILES string of the molecule is Cc1csc(-c2ncc(Oc3ccccc3)c(=O)[nH]2)n1. The van der Waals surface area contributed by atoms with Crippen LogP contribution in [0.5, 0.6) is 11.5 Å². The highest BCUT2D eigenvalue weighted by molar-refractivity contribution is 7.13. The molecule has 0 aliphatic heterocycles. The molecule has 0 aliphatic carbocycles. The number of aryl methyl sites for hydroxylation is 1. The molecule has 1 aromatic carbocycles. The van der Waals surface area contributed by atoms with E-state index in [9.17, 15) is 4.79 Å². The van der Waals surface area contributed by atoms with Crippen LogP contribution in [0.4, 0.5) is 0 Å². The summed E-state index contributed by atoms with van der Waals surface area (Å²) in [6, 6.07) is 9.10. The monoisotopic (exact) mass is 285 g/mol. The fourth-order valence-electron chi connectivity index (χ4n) is 1.64. The Morgan fingerprint density at radius 2 is 2.05 bits per heavy atom. The Morgan fingerprint density at radius 1 is 1.25 bits per heavy atom. The van der Waals surface area contributed by atoms with Crippen LogP contribution in [-0.4, -0.2) is 15.0 Å². The van der Waals surface area contributed by atoms with Crippen LogP contribution >= 0.6 is 11.3 Å². The predicted molar refractivity (Wildman–Crippen MR) is 77.2 cm³/mol. The summed E-state index contributed by atoms with van der Waals surface area (Å²) in [5, 5.41) is 2.59. The first kappa shape index (κ1) is 12.6. The highest BCUT2D eigenvalue weighted by Gasteiger charge is 2.09. The standard InChI is InChI=1S/C14H11N3O2S/c1-9-8-20-14(16-9)12-15-7-11(13(18)17-12)19-10-5-3-2-4-6-10/h2-8H,1H3,(H,15,17,18). The third-order valence-electron chi connectivity index (χ3n) is 2.56. The van der Waals surface area contributed by atoms with E-state index < -0.39 is 0 Å². The van der Waals surface area contributed by atoms with Gasteiger partial charge >= 0.3 is 0 Å². The van der Waals surface area contributed by atoms with Crippen molar-refractivity contribution in [3.05, 3.63) is 58.0 Å². The fraction of sp³-hybridized carbons (Fsp3) is 0.0714. The lowest BCUT2D eigenvalue weighted by Crippen LogP contribution is -2.10.